The summed E-state index contributed by atoms with van der Waals surface area (Å²) < 4.78 is 30.8. The van der Waals surface area contributed by atoms with Gasteiger partial charge in [-0.3, -0.25) is 5.32 Å². The minimum absolute atomic E-state index is 0.0431. The highest BCUT2D eigenvalue weighted by molar-refractivity contribution is 7.87. The molecule has 0 atom stereocenters. The monoisotopic (exact) mass is 459 g/mol. The number of nitrogens with zero attached hydrogens (tertiary/aromatic N) is 2. The maximum Gasteiger partial charge on any atom is 0.339 e. The maximum absolute atomic E-state index is 12.7. The highest BCUT2D eigenvalue weighted by Gasteiger charge is 2.20. The number of rotatable bonds is 6. The molecular formula is C21H25N5O5S. The lowest BCUT2D eigenvalue weighted by atomic mass is 10.1. The van der Waals surface area contributed by atoms with Crippen LogP contribution in [0.15, 0.2) is 47.4 Å². The number of carbonyl (C=O) groups excluding carboxylic acids is 1. The SMILES string of the molecule is CCNC(=O)Nc1nc2ccc(OS(=O)(=O)c3ccc(N4CCC(O)CC4)cc3)cc2[nH]1. The summed E-state index contributed by atoms with van der Waals surface area (Å²) in [6, 6.07) is 10.7. The summed E-state index contributed by atoms with van der Waals surface area (Å²) in [5.74, 6) is 0.367. The zero-order chi connectivity index (χ0) is 22.7. The highest BCUT2D eigenvalue weighted by Crippen LogP contribution is 2.26. The molecular weight excluding hydrogens is 434 g/mol. The zero-order valence-electron chi connectivity index (χ0n) is 17.5. The molecule has 0 aliphatic carbocycles. The number of anilines is 2. The fourth-order valence-electron chi connectivity index (χ4n) is 3.53. The maximum atomic E-state index is 12.7. The van der Waals surface area contributed by atoms with Crippen LogP contribution in [0.2, 0.25) is 0 Å². The number of carbonyl (C=O) groups is 1. The fraction of sp³-hybridized carbons (Fsp3) is 0.333. The molecule has 2 aromatic carbocycles. The summed E-state index contributed by atoms with van der Waals surface area (Å²) in [6.45, 7) is 3.73. The molecule has 4 N–H and O–H groups in total. The molecule has 32 heavy (non-hydrogen) atoms. The quantitative estimate of drug-likeness (QED) is 0.416. The molecule has 1 aromatic heterocycles. The van der Waals surface area contributed by atoms with E-state index in [9.17, 15) is 18.3 Å². The van der Waals surface area contributed by atoms with Crippen molar-refractivity contribution < 1.29 is 22.5 Å². The molecule has 2 amide bonds. The number of nitrogens with one attached hydrogen (secondary N) is 3. The van der Waals surface area contributed by atoms with Gasteiger partial charge in [0.15, 0.2) is 0 Å². The van der Waals surface area contributed by atoms with Crippen molar-refractivity contribution in [2.24, 2.45) is 0 Å². The predicted octanol–water partition coefficient (Wildman–Crippen LogP) is 2.43. The molecule has 10 nitrogen and oxygen atoms in total. The molecule has 1 fully saturated rings. The number of aromatic amines is 1. The van der Waals surface area contributed by atoms with Crippen LogP contribution in [0.1, 0.15) is 19.8 Å². The van der Waals surface area contributed by atoms with Crippen molar-refractivity contribution >= 4 is 38.8 Å². The molecule has 1 aliphatic heterocycles. The smallest absolute Gasteiger partial charge is 0.339 e. The minimum Gasteiger partial charge on any atom is -0.393 e. The molecule has 2 heterocycles. The van der Waals surface area contributed by atoms with Crippen molar-refractivity contribution in [3.05, 3.63) is 42.5 Å². The van der Waals surface area contributed by atoms with E-state index < -0.39 is 16.1 Å². The van der Waals surface area contributed by atoms with E-state index in [1.807, 2.05) is 0 Å². The number of aliphatic hydroxyl groups excluding tert-OH is 1. The normalized spacial score (nSPS) is 15.0. The van der Waals surface area contributed by atoms with Gasteiger partial charge in [-0.25, -0.2) is 9.78 Å². The predicted molar refractivity (Wildman–Crippen MR) is 120 cm³/mol. The Labute approximate surface area is 185 Å². The van der Waals surface area contributed by atoms with Gasteiger partial charge < -0.3 is 24.5 Å². The van der Waals surface area contributed by atoms with Crippen molar-refractivity contribution in [2.75, 3.05) is 29.9 Å². The second-order valence-electron chi connectivity index (χ2n) is 7.50. The first-order valence-electron chi connectivity index (χ1n) is 10.4. The topological polar surface area (TPSA) is 137 Å². The lowest BCUT2D eigenvalue weighted by Crippen LogP contribution is -2.35. The molecule has 170 valence electrons. The number of imidazole rings is 1. The minimum atomic E-state index is -4.03. The molecule has 4 rings (SSSR count). The van der Waals surface area contributed by atoms with E-state index in [1.54, 1.807) is 25.1 Å². The summed E-state index contributed by atoms with van der Waals surface area (Å²) in [5.41, 5.74) is 1.98. The number of aliphatic hydroxyl groups is 1. The van der Waals surface area contributed by atoms with Gasteiger partial charge in [0.25, 0.3) is 0 Å². The third-order valence-corrected chi connectivity index (χ3v) is 6.44. The second kappa shape index (κ2) is 9.05. The van der Waals surface area contributed by atoms with Crippen LogP contribution in [0.4, 0.5) is 16.4 Å². The van der Waals surface area contributed by atoms with Gasteiger partial charge in [0, 0.05) is 31.4 Å². The lowest BCUT2D eigenvalue weighted by molar-refractivity contribution is 0.145. The Morgan fingerprint density at radius 2 is 1.94 bits per heavy atom. The third-order valence-electron chi connectivity index (χ3n) is 5.18. The average Bonchev–Trinajstić information content (AvgIpc) is 3.15. The van der Waals surface area contributed by atoms with Crippen LogP contribution in [0.5, 0.6) is 5.75 Å². The van der Waals surface area contributed by atoms with E-state index in [1.165, 1.54) is 24.3 Å². The molecule has 0 spiro atoms. The van der Waals surface area contributed by atoms with Crippen LogP contribution in [0.3, 0.4) is 0 Å². The summed E-state index contributed by atoms with van der Waals surface area (Å²) in [4.78, 5) is 20.9. The summed E-state index contributed by atoms with van der Waals surface area (Å²) in [7, 11) is -4.03. The number of hydrogen-bond acceptors (Lipinski definition) is 7. The van der Waals surface area contributed by atoms with Crippen LogP contribution in [-0.4, -0.2) is 55.3 Å². The molecule has 0 radical (unpaired) electrons. The largest absolute Gasteiger partial charge is 0.393 e. The van der Waals surface area contributed by atoms with Crippen LogP contribution in [0, 0.1) is 0 Å². The van der Waals surface area contributed by atoms with Gasteiger partial charge in [-0.2, -0.15) is 8.42 Å². The second-order valence-corrected chi connectivity index (χ2v) is 9.04. The van der Waals surface area contributed by atoms with Gasteiger partial charge in [0.05, 0.1) is 17.1 Å². The number of fused-ring (bicyclic) bond motifs is 1. The van der Waals surface area contributed by atoms with Gasteiger partial charge >= 0.3 is 16.1 Å². The molecule has 3 aromatic rings. The number of aromatic nitrogens is 2. The number of urea groups is 1. The van der Waals surface area contributed by atoms with Gasteiger partial charge in [0.2, 0.25) is 5.95 Å². The molecule has 0 saturated carbocycles. The van der Waals surface area contributed by atoms with Crippen molar-refractivity contribution in [2.45, 2.75) is 30.8 Å². The van der Waals surface area contributed by atoms with Gasteiger partial charge in [0.1, 0.15) is 10.6 Å². The van der Waals surface area contributed by atoms with Crippen LogP contribution < -0.4 is 19.7 Å². The Balaban J connectivity index is 1.47. The van der Waals surface area contributed by atoms with E-state index in [4.69, 9.17) is 4.18 Å². The van der Waals surface area contributed by atoms with E-state index in [0.29, 0.717) is 30.4 Å². The summed E-state index contributed by atoms with van der Waals surface area (Å²) in [5, 5.41) is 14.8. The molecule has 1 aliphatic rings. The van der Waals surface area contributed by atoms with Crippen LogP contribution >= 0.6 is 0 Å². The van der Waals surface area contributed by atoms with Crippen LogP contribution in [0.25, 0.3) is 11.0 Å². The van der Waals surface area contributed by atoms with Gasteiger partial charge in [-0.05, 0) is 56.2 Å². The Kier molecular flexibility index (Phi) is 6.19. The van der Waals surface area contributed by atoms with E-state index in [-0.39, 0.29) is 22.7 Å². The number of benzene rings is 2. The van der Waals surface area contributed by atoms with Crippen molar-refractivity contribution in [3.63, 3.8) is 0 Å². The molecule has 0 bridgehead atoms. The van der Waals surface area contributed by atoms with Gasteiger partial charge in [-0.1, -0.05) is 0 Å². The Morgan fingerprint density at radius 1 is 1.22 bits per heavy atom. The first-order chi connectivity index (χ1) is 15.3. The van der Waals surface area contributed by atoms with E-state index in [0.717, 1.165) is 18.8 Å². The van der Waals surface area contributed by atoms with E-state index in [2.05, 4.69) is 25.5 Å². The van der Waals surface area contributed by atoms with Crippen molar-refractivity contribution in [1.29, 1.82) is 0 Å². The Hall–Kier alpha value is -3.31. The Morgan fingerprint density at radius 3 is 2.62 bits per heavy atom. The fourth-order valence-corrected chi connectivity index (χ4v) is 4.46. The van der Waals surface area contributed by atoms with Crippen molar-refractivity contribution in [1.82, 2.24) is 15.3 Å². The third kappa shape index (κ3) is 4.94. The number of amides is 2. The summed E-state index contributed by atoms with van der Waals surface area (Å²) in [6.07, 6.45) is 1.12. The first-order valence-corrected chi connectivity index (χ1v) is 11.8. The van der Waals surface area contributed by atoms with Crippen LogP contribution in [-0.2, 0) is 10.1 Å². The molecule has 1 saturated heterocycles. The average molecular weight is 460 g/mol. The van der Waals surface area contributed by atoms with Gasteiger partial charge in [-0.15, -0.1) is 0 Å². The number of H-pyrrole nitrogens is 1. The molecule has 0 unspecified atom stereocenters. The van der Waals surface area contributed by atoms with Crippen molar-refractivity contribution in [3.8, 4) is 5.75 Å². The standard InChI is InChI=1S/C21H25N5O5S/c1-2-22-21(28)25-20-23-18-8-5-16(13-19(18)24-20)31-32(29,30)17-6-3-14(4-7-17)26-11-9-15(27)10-12-26/h3-8,13,15,27H,2,9-12H2,1H3,(H3,22,23,24,25,28). The highest BCUT2D eigenvalue weighted by atomic mass is 32.2. The zero-order valence-corrected chi connectivity index (χ0v) is 18.4. The van der Waals surface area contributed by atoms with E-state index >= 15 is 0 Å². The number of hydrogen-bond donors (Lipinski definition) is 4. The first kappa shape index (κ1) is 21.9. The molecule has 11 heteroatoms. The number of piperidine rings is 1. The summed E-state index contributed by atoms with van der Waals surface area (Å²) >= 11 is 0. The lowest BCUT2D eigenvalue weighted by Gasteiger charge is -2.31. The Bertz CT molecular complexity index is 1200.